The second kappa shape index (κ2) is 8.71. The summed E-state index contributed by atoms with van der Waals surface area (Å²) in [7, 11) is -3.83. The molecule has 1 heterocycles. The van der Waals surface area contributed by atoms with E-state index < -0.39 is 10.0 Å². The van der Waals surface area contributed by atoms with Gasteiger partial charge in [0.05, 0.1) is 10.5 Å². The highest BCUT2D eigenvalue weighted by molar-refractivity contribution is 7.92. The Hall–Kier alpha value is -2.44. The largest absolute Gasteiger partial charge is 0.263 e. The SMILES string of the molecule is CCCCc1ccccc1S(=O)(=O)Nc1ncnc(Cl)c1-c1ccc(C)cc1. The first-order valence-electron chi connectivity index (χ1n) is 9.10. The van der Waals surface area contributed by atoms with Crippen molar-refractivity contribution in [2.45, 2.75) is 38.0 Å². The summed E-state index contributed by atoms with van der Waals surface area (Å²) in [6, 6.07) is 14.6. The van der Waals surface area contributed by atoms with Gasteiger partial charge in [0, 0.05) is 0 Å². The van der Waals surface area contributed by atoms with Crippen molar-refractivity contribution < 1.29 is 8.42 Å². The van der Waals surface area contributed by atoms with Crippen molar-refractivity contribution in [3.63, 3.8) is 0 Å². The van der Waals surface area contributed by atoms with E-state index in [1.54, 1.807) is 12.1 Å². The zero-order valence-corrected chi connectivity index (χ0v) is 17.4. The molecular formula is C21H22ClN3O2S. The third-order valence-corrected chi connectivity index (χ3v) is 6.16. The van der Waals surface area contributed by atoms with Crippen LogP contribution in [0.1, 0.15) is 30.9 Å². The summed E-state index contributed by atoms with van der Waals surface area (Å²) in [5.74, 6) is 0.161. The second-order valence-corrected chi connectivity index (χ2v) is 8.58. The Morgan fingerprint density at radius 3 is 2.46 bits per heavy atom. The first kappa shape index (κ1) is 20.3. The minimum absolute atomic E-state index is 0.161. The van der Waals surface area contributed by atoms with Crippen LogP contribution < -0.4 is 4.72 Å². The van der Waals surface area contributed by atoms with Crippen LogP contribution in [0, 0.1) is 6.92 Å². The van der Waals surface area contributed by atoms with Gasteiger partial charge in [0.25, 0.3) is 10.0 Å². The Balaban J connectivity index is 2.03. The minimum atomic E-state index is -3.83. The molecule has 0 bridgehead atoms. The molecule has 0 aliphatic carbocycles. The highest BCUT2D eigenvalue weighted by atomic mass is 35.5. The molecule has 2 aromatic carbocycles. The average molecular weight is 416 g/mol. The fourth-order valence-electron chi connectivity index (χ4n) is 2.94. The molecule has 3 aromatic rings. The van der Waals surface area contributed by atoms with Crippen LogP contribution in [-0.4, -0.2) is 18.4 Å². The number of nitrogens with one attached hydrogen (secondary N) is 1. The highest BCUT2D eigenvalue weighted by Gasteiger charge is 2.22. The maximum atomic E-state index is 13.1. The Bertz CT molecular complexity index is 1070. The van der Waals surface area contributed by atoms with Crippen molar-refractivity contribution >= 4 is 27.4 Å². The van der Waals surface area contributed by atoms with Crippen molar-refractivity contribution in [2.24, 2.45) is 0 Å². The lowest BCUT2D eigenvalue weighted by atomic mass is 10.1. The summed E-state index contributed by atoms with van der Waals surface area (Å²) >= 11 is 6.29. The molecule has 0 radical (unpaired) electrons. The molecule has 0 spiro atoms. The number of sulfonamides is 1. The number of rotatable bonds is 7. The number of aromatic nitrogens is 2. The molecule has 7 heteroatoms. The van der Waals surface area contributed by atoms with Gasteiger partial charge in [0.2, 0.25) is 0 Å². The van der Waals surface area contributed by atoms with Gasteiger partial charge in [-0.05, 0) is 37.0 Å². The zero-order chi connectivity index (χ0) is 20.1. The van der Waals surface area contributed by atoms with Crippen LogP contribution in [0.5, 0.6) is 0 Å². The molecule has 0 amide bonds. The molecule has 0 saturated carbocycles. The summed E-state index contributed by atoms with van der Waals surface area (Å²) in [4.78, 5) is 8.43. The Kier molecular flexibility index (Phi) is 6.31. The van der Waals surface area contributed by atoms with Crippen LogP contribution in [0.3, 0.4) is 0 Å². The van der Waals surface area contributed by atoms with Gasteiger partial charge >= 0.3 is 0 Å². The third kappa shape index (κ3) is 4.51. The second-order valence-electron chi connectivity index (χ2n) is 6.57. The predicted molar refractivity (Wildman–Crippen MR) is 113 cm³/mol. The van der Waals surface area contributed by atoms with E-state index in [4.69, 9.17) is 11.6 Å². The van der Waals surface area contributed by atoms with E-state index in [1.807, 2.05) is 43.3 Å². The van der Waals surface area contributed by atoms with Crippen LogP contribution in [0.15, 0.2) is 59.8 Å². The van der Waals surface area contributed by atoms with Gasteiger partial charge in [0.15, 0.2) is 5.82 Å². The fraction of sp³-hybridized carbons (Fsp3) is 0.238. The van der Waals surface area contributed by atoms with Gasteiger partial charge in [-0.25, -0.2) is 18.4 Å². The van der Waals surface area contributed by atoms with E-state index in [0.29, 0.717) is 12.0 Å². The number of hydrogen-bond donors (Lipinski definition) is 1. The quantitative estimate of drug-likeness (QED) is 0.535. The first-order chi connectivity index (χ1) is 13.4. The molecule has 1 N–H and O–H groups in total. The van der Waals surface area contributed by atoms with Crippen molar-refractivity contribution in [3.05, 3.63) is 71.1 Å². The summed E-state index contributed by atoms with van der Waals surface area (Å²) < 4.78 is 28.9. The number of unbranched alkanes of at least 4 members (excludes halogenated alkanes) is 1. The highest BCUT2D eigenvalue weighted by Crippen LogP contribution is 2.33. The number of halogens is 1. The molecule has 28 heavy (non-hydrogen) atoms. The Morgan fingerprint density at radius 2 is 1.75 bits per heavy atom. The molecule has 0 saturated heterocycles. The molecule has 0 unspecified atom stereocenters. The molecule has 0 atom stereocenters. The molecule has 0 fully saturated rings. The third-order valence-electron chi connectivity index (χ3n) is 4.43. The summed E-state index contributed by atoms with van der Waals surface area (Å²) in [6.45, 7) is 4.05. The van der Waals surface area contributed by atoms with Gasteiger partial charge in [-0.2, -0.15) is 0 Å². The molecule has 146 valence electrons. The molecular weight excluding hydrogens is 394 g/mol. The molecule has 0 aliphatic rings. The Labute approximate surface area is 170 Å². The van der Waals surface area contributed by atoms with E-state index in [1.165, 1.54) is 6.33 Å². The van der Waals surface area contributed by atoms with Crippen molar-refractivity contribution in [3.8, 4) is 11.1 Å². The number of nitrogens with zero attached hydrogens (tertiary/aromatic N) is 2. The lowest BCUT2D eigenvalue weighted by molar-refractivity contribution is 0.599. The van der Waals surface area contributed by atoms with E-state index in [2.05, 4.69) is 21.6 Å². The lowest BCUT2D eigenvalue weighted by Gasteiger charge is -2.15. The zero-order valence-electron chi connectivity index (χ0n) is 15.8. The summed E-state index contributed by atoms with van der Waals surface area (Å²) in [5, 5.41) is 0.191. The monoisotopic (exact) mass is 415 g/mol. The number of aryl methyl sites for hydroxylation is 2. The van der Waals surface area contributed by atoms with Gasteiger partial charge in [-0.3, -0.25) is 4.72 Å². The van der Waals surface area contributed by atoms with Crippen LogP contribution >= 0.6 is 11.6 Å². The van der Waals surface area contributed by atoms with E-state index in [-0.39, 0.29) is 15.9 Å². The van der Waals surface area contributed by atoms with Gasteiger partial charge in [-0.15, -0.1) is 0 Å². The van der Waals surface area contributed by atoms with Crippen LogP contribution in [0.2, 0.25) is 5.15 Å². The smallest absolute Gasteiger partial charge is 0.263 e. The van der Waals surface area contributed by atoms with Crippen molar-refractivity contribution in [1.82, 2.24) is 9.97 Å². The molecule has 5 nitrogen and oxygen atoms in total. The van der Waals surface area contributed by atoms with Gasteiger partial charge in [-0.1, -0.05) is 73.0 Å². The minimum Gasteiger partial charge on any atom is -0.263 e. The maximum absolute atomic E-state index is 13.1. The standard InChI is InChI=1S/C21H22ClN3O2S/c1-3-4-7-16-8-5-6-9-18(16)28(26,27)25-21-19(20(22)23-14-24-21)17-12-10-15(2)11-13-17/h5-6,8-14H,3-4,7H2,1-2H3,(H,23,24,25). The van der Waals surface area contributed by atoms with Crippen molar-refractivity contribution in [2.75, 3.05) is 4.72 Å². The normalized spacial score (nSPS) is 11.4. The predicted octanol–water partition coefficient (Wildman–Crippen LogP) is 5.25. The summed E-state index contributed by atoms with van der Waals surface area (Å²) in [6.07, 6.45) is 3.85. The van der Waals surface area contributed by atoms with Crippen molar-refractivity contribution in [1.29, 1.82) is 0 Å². The van der Waals surface area contributed by atoms with Crippen LogP contribution in [0.25, 0.3) is 11.1 Å². The van der Waals surface area contributed by atoms with E-state index in [0.717, 1.165) is 29.5 Å². The van der Waals surface area contributed by atoms with E-state index in [9.17, 15) is 8.42 Å². The number of hydrogen-bond acceptors (Lipinski definition) is 4. The summed E-state index contributed by atoms with van der Waals surface area (Å²) in [5.41, 5.74) is 3.07. The lowest BCUT2D eigenvalue weighted by Crippen LogP contribution is -2.17. The van der Waals surface area contributed by atoms with E-state index >= 15 is 0 Å². The van der Waals surface area contributed by atoms with Crippen LogP contribution in [-0.2, 0) is 16.4 Å². The number of benzene rings is 2. The number of anilines is 1. The topological polar surface area (TPSA) is 72.0 Å². The fourth-order valence-corrected chi connectivity index (χ4v) is 4.47. The van der Waals surface area contributed by atoms with Gasteiger partial charge < -0.3 is 0 Å². The molecule has 1 aromatic heterocycles. The average Bonchev–Trinajstić information content (AvgIpc) is 2.67. The maximum Gasteiger partial charge on any atom is 0.263 e. The molecule has 3 rings (SSSR count). The Morgan fingerprint density at radius 1 is 1.04 bits per heavy atom. The van der Waals surface area contributed by atoms with Crippen LogP contribution in [0.4, 0.5) is 5.82 Å². The molecule has 0 aliphatic heterocycles. The van der Waals surface area contributed by atoms with Gasteiger partial charge in [0.1, 0.15) is 11.5 Å². The first-order valence-corrected chi connectivity index (χ1v) is 11.0.